The molecule has 0 spiro atoms. The van der Waals surface area contributed by atoms with E-state index in [9.17, 15) is 27.6 Å². The molecule has 0 amide bonds. The summed E-state index contributed by atoms with van der Waals surface area (Å²) in [5.74, 6) is -3.11. The van der Waals surface area contributed by atoms with Gasteiger partial charge in [0.2, 0.25) is 0 Å². The zero-order chi connectivity index (χ0) is 25.0. The largest absolute Gasteiger partial charge is 0.497 e. The third kappa shape index (κ3) is 6.21. The minimum Gasteiger partial charge on any atom is -0.497 e. The smallest absolute Gasteiger partial charge is 0.416 e. The highest BCUT2D eigenvalue weighted by Gasteiger charge is 2.37. The maximum Gasteiger partial charge on any atom is 0.416 e. The zero-order valence-corrected chi connectivity index (χ0v) is 17.3. The van der Waals surface area contributed by atoms with Gasteiger partial charge >= 0.3 is 24.1 Å². The number of carboxylic acids is 3. The van der Waals surface area contributed by atoms with Crippen molar-refractivity contribution in [1.29, 1.82) is 0 Å². The summed E-state index contributed by atoms with van der Waals surface area (Å²) in [6, 6.07) is 4.48. The van der Waals surface area contributed by atoms with E-state index in [1.54, 1.807) is 0 Å². The summed E-state index contributed by atoms with van der Waals surface area (Å²) in [7, 11) is 1.37. The van der Waals surface area contributed by atoms with Crippen molar-refractivity contribution in [2.75, 3.05) is 7.11 Å². The third-order valence-electron chi connectivity index (χ3n) is 4.60. The fraction of sp³-hybridized carbons (Fsp3) is 0.238. The summed E-state index contributed by atoms with van der Waals surface area (Å²) in [5, 5.41) is 30.2. The molecule has 12 heteroatoms. The maximum absolute atomic E-state index is 12.5. The Morgan fingerprint density at radius 1 is 1.15 bits per heavy atom. The Kier molecular flexibility index (Phi) is 7.31. The molecule has 33 heavy (non-hydrogen) atoms. The van der Waals surface area contributed by atoms with Crippen LogP contribution < -0.4 is 0 Å². The van der Waals surface area contributed by atoms with E-state index in [4.69, 9.17) is 20.1 Å². The monoisotopic (exact) mass is 468 g/mol. The third-order valence-corrected chi connectivity index (χ3v) is 4.60. The number of aromatic carboxylic acids is 1. The number of nitrogens with zero attached hydrogens (tertiary/aromatic N) is 2. The van der Waals surface area contributed by atoms with Gasteiger partial charge in [-0.15, -0.1) is 0 Å². The van der Waals surface area contributed by atoms with Gasteiger partial charge < -0.3 is 20.1 Å². The summed E-state index contributed by atoms with van der Waals surface area (Å²) in [6.45, 7) is 1.46. The average Bonchev–Trinajstić information content (AvgIpc) is 3.24. The van der Waals surface area contributed by atoms with Crippen LogP contribution >= 0.6 is 0 Å². The zero-order valence-electron chi connectivity index (χ0n) is 17.3. The molecule has 1 aromatic heterocycles. The van der Waals surface area contributed by atoms with Crippen LogP contribution in [0.3, 0.4) is 0 Å². The summed E-state index contributed by atoms with van der Waals surface area (Å²) >= 11 is 0. The maximum atomic E-state index is 12.5. The second-order valence-corrected chi connectivity index (χ2v) is 7.15. The molecular weight excluding hydrogens is 449 g/mol. The van der Waals surface area contributed by atoms with E-state index in [-0.39, 0.29) is 29.0 Å². The molecule has 1 atom stereocenters. The van der Waals surface area contributed by atoms with Gasteiger partial charge in [0.15, 0.2) is 0 Å². The number of methoxy groups -OCH3 is 1. The first-order valence-corrected chi connectivity index (χ1v) is 9.16. The number of carbonyl (C=O) groups is 3. The minimum absolute atomic E-state index is 0.0372. The predicted octanol–water partition coefficient (Wildman–Crippen LogP) is 3.61. The fourth-order valence-corrected chi connectivity index (χ4v) is 2.82. The number of aliphatic carboxylic acids is 2. The van der Waals surface area contributed by atoms with Crippen LogP contribution in [0.15, 0.2) is 60.1 Å². The van der Waals surface area contributed by atoms with Crippen LogP contribution in [0.4, 0.5) is 13.2 Å². The van der Waals surface area contributed by atoms with Crippen LogP contribution in [0.1, 0.15) is 29.3 Å². The van der Waals surface area contributed by atoms with E-state index in [2.05, 4.69) is 5.10 Å². The lowest BCUT2D eigenvalue weighted by atomic mass is 9.79. The number of halogens is 3. The minimum atomic E-state index is -4.45. The van der Waals surface area contributed by atoms with Crippen LogP contribution in [-0.4, -0.2) is 50.1 Å². The summed E-state index contributed by atoms with van der Waals surface area (Å²) in [4.78, 5) is 32.4. The van der Waals surface area contributed by atoms with Crippen LogP contribution in [-0.2, 0) is 20.5 Å². The van der Waals surface area contributed by atoms with Crippen molar-refractivity contribution in [3.63, 3.8) is 0 Å². The van der Waals surface area contributed by atoms with E-state index in [1.807, 2.05) is 0 Å². The number of hydrogen-bond donors (Lipinski definition) is 3. The number of carboxylic acid groups (broad SMARTS) is 3. The highest BCUT2D eigenvalue weighted by atomic mass is 19.4. The Labute approximate surface area is 185 Å². The molecule has 0 fully saturated rings. The van der Waals surface area contributed by atoms with Crippen molar-refractivity contribution in [2.45, 2.75) is 19.5 Å². The first-order valence-electron chi connectivity index (χ1n) is 9.16. The first-order chi connectivity index (χ1) is 15.3. The van der Waals surface area contributed by atoms with Gasteiger partial charge in [-0.05, 0) is 43.7 Å². The van der Waals surface area contributed by atoms with Crippen molar-refractivity contribution in [2.24, 2.45) is 5.41 Å². The second-order valence-electron chi connectivity index (χ2n) is 7.15. The van der Waals surface area contributed by atoms with Crippen LogP contribution in [0.25, 0.3) is 5.69 Å². The highest BCUT2D eigenvalue weighted by molar-refractivity contribution is 5.90. The van der Waals surface area contributed by atoms with Crippen molar-refractivity contribution < 1.29 is 47.6 Å². The van der Waals surface area contributed by atoms with E-state index >= 15 is 0 Å². The number of benzene rings is 1. The van der Waals surface area contributed by atoms with Gasteiger partial charge in [-0.1, -0.05) is 6.07 Å². The molecular formula is C21H19F3N2O7. The number of aromatic nitrogens is 2. The van der Waals surface area contributed by atoms with Crippen LogP contribution in [0.5, 0.6) is 0 Å². The topological polar surface area (TPSA) is 139 Å². The van der Waals surface area contributed by atoms with Gasteiger partial charge in [0.1, 0.15) is 5.76 Å². The molecule has 0 radical (unpaired) electrons. The average molecular weight is 468 g/mol. The van der Waals surface area contributed by atoms with E-state index < -0.39 is 35.1 Å². The molecule has 3 rings (SSSR count). The number of alkyl halides is 3. The molecule has 1 aliphatic rings. The van der Waals surface area contributed by atoms with Gasteiger partial charge in [0.05, 0.1) is 35.5 Å². The van der Waals surface area contributed by atoms with Gasteiger partial charge in [-0.25, -0.2) is 14.3 Å². The number of allylic oxidation sites excluding steroid dienone is 1. The molecule has 9 nitrogen and oxygen atoms in total. The van der Waals surface area contributed by atoms with Crippen molar-refractivity contribution in [3.05, 3.63) is 71.3 Å². The molecule has 1 aromatic carbocycles. The molecule has 176 valence electrons. The van der Waals surface area contributed by atoms with Gasteiger partial charge in [0, 0.05) is 11.8 Å². The molecule has 1 unspecified atom stereocenters. The SMILES string of the molecule is COC1=CC(C)(C(=O)O)CC(C(=O)O)=C1.O=C(O)c1cnn(-c2cccc(C(F)(F)F)c2)c1. The summed E-state index contributed by atoms with van der Waals surface area (Å²) < 4.78 is 43.4. The lowest BCUT2D eigenvalue weighted by molar-refractivity contribution is -0.145. The molecule has 2 aromatic rings. The Morgan fingerprint density at radius 2 is 1.82 bits per heavy atom. The molecule has 0 bridgehead atoms. The molecule has 0 saturated carbocycles. The van der Waals surface area contributed by atoms with Gasteiger partial charge in [-0.3, -0.25) is 4.79 Å². The summed E-state index contributed by atoms with van der Waals surface area (Å²) in [5.41, 5.74) is -1.93. The Morgan fingerprint density at radius 3 is 2.30 bits per heavy atom. The van der Waals surface area contributed by atoms with Gasteiger partial charge in [0.25, 0.3) is 0 Å². The Balaban J connectivity index is 0.000000238. The number of ether oxygens (including phenoxy) is 1. The van der Waals surface area contributed by atoms with Crippen LogP contribution in [0.2, 0.25) is 0 Å². The highest BCUT2D eigenvalue weighted by Crippen LogP contribution is 2.34. The number of hydrogen-bond acceptors (Lipinski definition) is 5. The van der Waals surface area contributed by atoms with Gasteiger partial charge in [-0.2, -0.15) is 18.3 Å². The quantitative estimate of drug-likeness (QED) is 0.605. The van der Waals surface area contributed by atoms with Crippen LogP contribution in [0, 0.1) is 5.41 Å². The summed E-state index contributed by atoms with van der Waals surface area (Å²) in [6.07, 6.45) is 0.499. The Hall–Kier alpha value is -4.09. The second kappa shape index (κ2) is 9.59. The van der Waals surface area contributed by atoms with E-state index in [0.29, 0.717) is 0 Å². The fourth-order valence-electron chi connectivity index (χ4n) is 2.82. The lowest BCUT2D eigenvalue weighted by Crippen LogP contribution is -2.30. The molecule has 1 heterocycles. The molecule has 3 N–H and O–H groups in total. The van der Waals surface area contributed by atoms with Crippen molar-refractivity contribution in [3.8, 4) is 5.69 Å². The Bertz CT molecular complexity index is 1130. The van der Waals surface area contributed by atoms with Crippen molar-refractivity contribution in [1.82, 2.24) is 9.78 Å². The standard InChI is InChI=1S/C11H7F3N2O2.C10H12O5/c12-11(13,14)8-2-1-3-9(4-8)16-6-7(5-15-16)10(17)18;1-10(9(13)14)4-6(8(11)12)3-7(5-10)15-2/h1-6H,(H,17,18);3,5H,4H2,1-2H3,(H,11,12)(H,13,14). The van der Waals surface area contributed by atoms with Crippen molar-refractivity contribution >= 4 is 17.9 Å². The lowest BCUT2D eigenvalue weighted by Gasteiger charge is -2.25. The van der Waals surface area contributed by atoms with E-state index in [0.717, 1.165) is 29.2 Å². The first kappa shape index (κ1) is 25.2. The number of rotatable bonds is 5. The molecule has 0 saturated heterocycles. The normalized spacial score (nSPS) is 17.7. The van der Waals surface area contributed by atoms with E-state index in [1.165, 1.54) is 38.3 Å². The predicted molar refractivity (Wildman–Crippen MR) is 107 cm³/mol. The molecule has 1 aliphatic carbocycles. The molecule has 0 aliphatic heterocycles.